The standard InChI is InChI=1S/C28H33N5O6S/c1-18-8-10-21(11-9-18)40(37,38)32(4)16-25-19(2)15-33(20(3)17-34)28(36)22-6-5-7-23(26(22)39-25)31-27(35)24-14-29-12-13-30-24/h5-14,19-20,25,34H,15-17H2,1-4H3,(H,31,35)/t19-,20+,25+/m1/s1. The number of fused-ring (bicyclic) bond motifs is 1. The largest absolute Gasteiger partial charge is 0.486 e. The summed E-state index contributed by atoms with van der Waals surface area (Å²) in [5, 5.41) is 12.6. The highest BCUT2D eigenvalue weighted by Crippen LogP contribution is 2.35. The predicted octanol–water partition coefficient (Wildman–Crippen LogP) is 2.58. The maximum Gasteiger partial charge on any atom is 0.275 e. The molecule has 212 valence electrons. The van der Waals surface area contributed by atoms with Gasteiger partial charge in [0.05, 0.1) is 41.5 Å². The Kier molecular flexibility index (Phi) is 8.82. The molecule has 0 aliphatic carbocycles. The van der Waals surface area contributed by atoms with Gasteiger partial charge >= 0.3 is 0 Å². The number of benzene rings is 2. The van der Waals surface area contributed by atoms with Crippen molar-refractivity contribution in [1.29, 1.82) is 0 Å². The van der Waals surface area contributed by atoms with Gasteiger partial charge in [-0.1, -0.05) is 30.7 Å². The van der Waals surface area contributed by atoms with E-state index in [0.29, 0.717) is 0 Å². The second-order valence-corrected chi connectivity index (χ2v) is 12.0. The van der Waals surface area contributed by atoms with Crippen LogP contribution in [0.15, 0.2) is 66.0 Å². The first kappa shape index (κ1) is 29.1. The molecule has 1 aliphatic heterocycles. The molecule has 0 radical (unpaired) electrons. The SMILES string of the molecule is Cc1ccc(S(=O)(=O)N(C)C[C@@H]2Oc3c(NC(=O)c4cnccn4)cccc3C(=O)N([C@@H](C)CO)C[C@H]2C)cc1. The van der Waals surface area contributed by atoms with Gasteiger partial charge in [-0.2, -0.15) is 4.31 Å². The van der Waals surface area contributed by atoms with Crippen molar-refractivity contribution in [1.82, 2.24) is 19.2 Å². The molecule has 0 saturated heterocycles. The number of para-hydroxylation sites is 1. The van der Waals surface area contributed by atoms with E-state index in [1.165, 1.54) is 29.9 Å². The highest BCUT2D eigenvalue weighted by Gasteiger charge is 2.36. The van der Waals surface area contributed by atoms with E-state index >= 15 is 0 Å². The van der Waals surface area contributed by atoms with E-state index in [0.717, 1.165) is 5.56 Å². The van der Waals surface area contributed by atoms with Crippen LogP contribution in [0.2, 0.25) is 0 Å². The molecule has 4 rings (SSSR count). The molecule has 3 atom stereocenters. The van der Waals surface area contributed by atoms with E-state index in [-0.39, 0.29) is 59.1 Å². The van der Waals surface area contributed by atoms with E-state index in [1.807, 2.05) is 13.8 Å². The summed E-state index contributed by atoms with van der Waals surface area (Å²) in [5.41, 5.74) is 1.41. The van der Waals surface area contributed by atoms with Crippen molar-refractivity contribution in [3.05, 3.63) is 77.9 Å². The van der Waals surface area contributed by atoms with Gasteiger partial charge in [0, 0.05) is 31.9 Å². The number of hydrogen-bond acceptors (Lipinski definition) is 8. The molecular weight excluding hydrogens is 534 g/mol. The Morgan fingerprint density at radius 1 is 1.23 bits per heavy atom. The van der Waals surface area contributed by atoms with Crippen LogP contribution in [0.25, 0.3) is 0 Å². The topological polar surface area (TPSA) is 142 Å². The monoisotopic (exact) mass is 567 g/mol. The first-order valence-electron chi connectivity index (χ1n) is 12.8. The lowest BCUT2D eigenvalue weighted by Crippen LogP contribution is -2.50. The van der Waals surface area contributed by atoms with Crippen LogP contribution in [-0.2, 0) is 10.0 Å². The molecule has 11 nitrogen and oxygen atoms in total. The van der Waals surface area contributed by atoms with Crippen molar-refractivity contribution in [2.45, 2.75) is 37.8 Å². The fourth-order valence-electron chi connectivity index (χ4n) is 4.40. The Morgan fingerprint density at radius 2 is 1.95 bits per heavy atom. The molecule has 2 aromatic carbocycles. The third kappa shape index (κ3) is 6.14. The zero-order valence-electron chi connectivity index (χ0n) is 22.8. The fourth-order valence-corrected chi connectivity index (χ4v) is 5.59. The lowest BCUT2D eigenvalue weighted by Gasteiger charge is -2.38. The molecule has 2 amide bonds. The van der Waals surface area contributed by atoms with Crippen LogP contribution in [0, 0.1) is 12.8 Å². The minimum absolute atomic E-state index is 0.0290. The Balaban J connectivity index is 1.72. The number of rotatable bonds is 8. The minimum atomic E-state index is -3.84. The summed E-state index contributed by atoms with van der Waals surface area (Å²) in [6.45, 7) is 5.40. The van der Waals surface area contributed by atoms with E-state index in [1.54, 1.807) is 54.3 Å². The number of sulfonamides is 1. The zero-order chi connectivity index (χ0) is 29.0. The van der Waals surface area contributed by atoms with Crippen LogP contribution >= 0.6 is 0 Å². The number of carbonyl (C=O) groups is 2. The first-order chi connectivity index (χ1) is 19.0. The third-order valence-electron chi connectivity index (χ3n) is 6.90. The van der Waals surface area contributed by atoms with Gasteiger partial charge in [-0.15, -0.1) is 0 Å². The normalized spacial score (nSPS) is 18.4. The number of aromatic nitrogens is 2. The molecule has 40 heavy (non-hydrogen) atoms. The zero-order valence-corrected chi connectivity index (χ0v) is 23.6. The number of nitrogens with one attached hydrogen (secondary N) is 1. The van der Waals surface area contributed by atoms with Crippen molar-refractivity contribution in [3.63, 3.8) is 0 Å². The Hall–Kier alpha value is -3.87. The summed E-state index contributed by atoms with van der Waals surface area (Å²) in [4.78, 5) is 36.2. The van der Waals surface area contributed by atoms with Crippen LogP contribution in [0.3, 0.4) is 0 Å². The molecule has 12 heteroatoms. The second kappa shape index (κ2) is 12.1. The lowest BCUT2D eigenvalue weighted by atomic mass is 9.99. The van der Waals surface area contributed by atoms with Gasteiger partial charge in [0.25, 0.3) is 11.8 Å². The van der Waals surface area contributed by atoms with E-state index in [2.05, 4.69) is 15.3 Å². The molecule has 0 bridgehead atoms. The molecule has 0 spiro atoms. The number of anilines is 1. The number of aliphatic hydroxyl groups excluding tert-OH is 1. The van der Waals surface area contributed by atoms with Crippen molar-refractivity contribution in [3.8, 4) is 5.75 Å². The summed E-state index contributed by atoms with van der Waals surface area (Å²) in [5.74, 6) is -1.16. The Bertz CT molecular complexity index is 1470. The number of amides is 2. The maximum absolute atomic E-state index is 13.6. The van der Waals surface area contributed by atoms with E-state index < -0.39 is 28.1 Å². The van der Waals surface area contributed by atoms with Gasteiger partial charge in [-0.25, -0.2) is 13.4 Å². The molecule has 2 heterocycles. The van der Waals surface area contributed by atoms with Crippen LogP contribution < -0.4 is 10.1 Å². The average Bonchev–Trinajstić information content (AvgIpc) is 2.95. The minimum Gasteiger partial charge on any atom is -0.486 e. The molecule has 1 aliphatic rings. The van der Waals surface area contributed by atoms with E-state index in [4.69, 9.17) is 4.74 Å². The van der Waals surface area contributed by atoms with Crippen LogP contribution in [0.4, 0.5) is 5.69 Å². The highest BCUT2D eigenvalue weighted by atomic mass is 32.2. The van der Waals surface area contributed by atoms with Gasteiger partial charge in [-0.05, 0) is 38.1 Å². The highest BCUT2D eigenvalue weighted by molar-refractivity contribution is 7.89. The summed E-state index contributed by atoms with van der Waals surface area (Å²) in [6, 6.07) is 10.9. The molecule has 0 fully saturated rings. The summed E-state index contributed by atoms with van der Waals surface area (Å²) in [7, 11) is -2.36. The van der Waals surface area contributed by atoms with Crippen LogP contribution in [0.1, 0.15) is 40.3 Å². The molecular formula is C28H33N5O6S. The summed E-state index contributed by atoms with van der Waals surface area (Å²) < 4.78 is 34.4. The number of likely N-dealkylation sites (N-methyl/N-ethyl adjacent to an activating group) is 1. The first-order valence-corrected chi connectivity index (χ1v) is 14.3. The van der Waals surface area contributed by atoms with Crippen molar-refractivity contribution < 1.29 is 27.9 Å². The number of ether oxygens (including phenoxy) is 1. The molecule has 2 N–H and O–H groups in total. The second-order valence-electron chi connectivity index (χ2n) is 9.95. The maximum atomic E-state index is 13.6. The smallest absolute Gasteiger partial charge is 0.275 e. The van der Waals surface area contributed by atoms with Gasteiger partial charge in [0.1, 0.15) is 11.8 Å². The quantitative estimate of drug-likeness (QED) is 0.423. The fraction of sp³-hybridized carbons (Fsp3) is 0.357. The van der Waals surface area contributed by atoms with Gasteiger partial charge in [-0.3, -0.25) is 14.6 Å². The Labute approximate surface area is 233 Å². The molecule has 1 aromatic heterocycles. The predicted molar refractivity (Wildman–Crippen MR) is 149 cm³/mol. The van der Waals surface area contributed by atoms with E-state index in [9.17, 15) is 23.1 Å². The number of aliphatic hydroxyl groups is 1. The Morgan fingerprint density at radius 3 is 2.60 bits per heavy atom. The average molecular weight is 568 g/mol. The molecule has 0 unspecified atom stereocenters. The number of aryl methyl sites for hydroxylation is 1. The van der Waals surface area contributed by atoms with Crippen LogP contribution in [-0.4, -0.2) is 83.4 Å². The van der Waals surface area contributed by atoms with Crippen LogP contribution in [0.5, 0.6) is 5.75 Å². The van der Waals surface area contributed by atoms with Gasteiger partial charge < -0.3 is 20.1 Å². The lowest BCUT2D eigenvalue weighted by molar-refractivity contribution is 0.0388. The number of carbonyl (C=O) groups excluding carboxylic acids is 2. The third-order valence-corrected chi connectivity index (χ3v) is 8.74. The van der Waals surface area contributed by atoms with Crippen molar-refractivity contribution >= 4 is 27.5 Å². The summed E-state index contributed by atoms with van der Waals surface area (Å²) >= 11 is 0. The summed E-state index contributed by atoms with van der Waals surface area (Å²) in [6.07, 6.45) is 3.44. The van der Waals surface area contributed by atoms with Gasteiger partial charge in [0.2, 0.25) is 10.0 Å². The number of hydrogen-bond donors (Lipinski definition) is 2. The number of nitrogens with zero attached hydrogens (tertiary/aromatic N) is 4. The van der Waals surface area contributed by atoms with Gasteiger partial charge in [0.15, 0.2) is 5.75 Å². The van der Waals surface area contributed by atoms with Crippen molar-refractivity contribution in [2.75, 3.05) is 32.1 Å². The molecule has 0 saturated carbocycles. The molecule has 3 aromatic rings. The van der Waals surface area contributed by atoms with Crippen molar-refractivity contribution in [2.24, 2.45) is 5.92 Å².